The first-order valence-corrected chi connectivity index (χ1v) is 3.70. The quantitative estimate of drug-likeness (QED) is 0.588. The number of rotatable bonds is 0. The molecule has 0 aliphatic heterocycles. The summed E-state index contributed by atoms with van der Waals surface area (Å²) in [7, 11) is 0. The number of hydrogen-bond donors (Lipinski definition) is 1. The maximum absolute atomic E-state index is 4.16. The molecule has 0 atom stereocenters. The van der Waals surface area contributed by atoms with E-state index in [-0.39, 0.29) is 0 Å². The Morgan fingerprint density at radius 3 is 1.70 bits per heavy atom. The second kappa shape index (κ2) is 4.09. The number of hydrogen-bond acceptors (Lipinski definition) is 1. The van der Waals surface area contributed by atoms with Gasteiger partial charge >= 0.3 is 0 Å². The van der Waals surface area contributed by atoms with E-state index in [0.717, 1.165) is 11.5 Å². The number of aryl methyl sites for hydroxylation is 3. The fourth-order valence-corrected chi connectivity index (χ4v) is 0.725. The minimum Gasteiger partial charge on any atom is -0.346 e. The van der Waals surface area contributed by atoms with Crippen LogP contribution in [-0.4, -0.2) is 9.97 Å². The van der Waals surface area contributed by atoms with Crippen molar-refractivity contribution in [3.63, 3.8) is 0 Å². The number of aromatic nitrogens is 2. The molecule has 58 valence electrons. The van der Waals surface area contributed by atoms with Crippen LogP contribution < -0.4 is 0 Å². The topological polar surface area (TPSA) is 28.7 Å². The summed E-state index contributed by atoms with van der Waals surface area (Å²) in [5.41, 5.74) is 2.27. The third-order valence-electron chi connectivity index (χ3n) is 1.25. The van der Waals surface area contributed by atoms with E-state index in [0.29, 0.717) is 0 Å². The van der Waals surface area contributed by atoms with Crippen LogP contribution in [0.3, 0.4) is 0 Å². The maximum atomic E-state index is 4.16. The van der Waals surface area contributed by atoms with Gasteiger partial charge in [0, 0.05) is 5.69 Å². The Morgan fingerprint density at radius 2 is 1.60 bits per heavy atom. The molecule has 0 unspecified atom stereocenters. The van der Waals surface area contributed by atoms with Gasteiger partial charge in [-0.15, -0.1) is 0 Å². The standard InChI is InChI=1S/C6H10N2.C2H6/c1-4-5(2)8-6(3)7-4;1-2/h1-3H3,(H,7,8);1-2H3. The summed E-state index contributed by atoms with van der Waals surface area (Å²) in [6, 6.07) is 0. The van der Waals surface area contributed by atoms with E-state index >= 15 is 0 Å². The number of nitrogens with one attached hydrogen (secondary N) is 1. The molecule has 0 aliphatic carbocycles. The van der Waals surface area contributed by atoms with Gasteiger partial charge in [0.1, 0.15) is 5.82 Å². The zero-order valence-electron chi connectivity index (χ0n) is 7.45. The van der Waals surface area contributed by atoms with Crippen LogP contribution in [0.4, 0.5) is 0 Å². The molecule has 10 heavy (non-hydrogen) atoms. The Bertz CT molecular complexity index is 170. The fraction of sp³-hybridized carbons (Fsp3) is 0.625. The third-order valence-corrected chi connectivity index (χ3v) is 1.25. The molecule has 0 amide bonds. The highest BCUT2D eigenvalue weighted by atomic mass is 14.9. The van der Waals surface area contributed by atoms with Gasteiger partial charge in [0.15, 0.2) is 0 Å². The molecule has 1 heterocycles. The molecule has 0 fully saturated rings. The van der Waals surface area contributed by atoms with Crippen LogP contribution in [0.5, 0.6) is 0 Å². The summed E-state index contributed by atoms with van der Waals surface area (Å²) in [4.78, 5) is 7.25. The van der Waals surface area contributed by atoms with Crippen LogP contribution in [0.25, 0.3) is 0 Å². The lowest BCUT2D eigenvalue weighted by Crippen LogP contribution is -1.71. The van der Waals surface area contributed by atoms with Crippen molar-refractivity contribution in [1.29, 1.82) is 0 Å². The summed E-state index contributed by atoms with van der Waals surface area (Å²) >= 11 is 0. The average Bonchev–Trinajstić information content (AvgIpc) is 2.16. The van der Waals surface area contributed by atoms with Crippen molar-refractivity contribution in [2.45, 2.75) is 34.6 Å². The molecule has 0 aliphatic rings. The van der Waals surface area contributed by atoms with Gasteiger partial charge < -0.3 is 4.98 Å². The Hall–Kier alpha value is -0.790. The molecule has 0 spiro atoms. The van der Waals surface area contributed by atoms with E-state index in [2.05, 4.69) is 9.97 Å². The van der Waals surface area contributed by atoms with Crippen LogP contribution in [0, 0.1) is 20.8 Å². The summed E-state index contributed by atoms with van der Waals surface area (Å²) in [6.07, 6.45) is 0. The predicted molar refractivity (Wildman–Crippen MR) is 44.1 cm³/mol. The normalized spacial score (nSPS) is 8.50. The second-order valence-electron chi connectivity index (χ2n) is 2.03. The zero-order chi connectivity index (χ0) is 8.15. The highest BCUT2D eigenvalue weighted by Gasteiger charge is 1.93. The molecule has 2 heteroatoms. The Balaban J connectivity index is 0.000000371. The molecule has 0 bridgehead atoms. The van der Waals surface area contributed by atoms with Crippen molar-refractivity contribution in [1.82, 2.24) is 9.97 Å². The molecule has 0 saturated heterocycles. The number of H-pyrrole nitrogens is 1. The van der Waals surface area contributed by atoms with Crippen LogP contribution in [0.1, 0.15) is 31.1 Å². The number of imidazole rings is 1. The van der Waals surface area contributed by atoms with Gasteiger partial charge in [-0.25, -0.2) is 4.98 Å². The first-order chi connectivity index (χ1) is 4.70. The molecule has 0 aromatic carbocycles. The predicted octanol–water partition coefficient (Wildman–Crippen LogP) is 2.36. The van der Waals surface area contributed by atoms with Gasteiger partial charge in [-0.05, 0) is 20.8 Å². The van der Waals surface area contributed by atoms with E-state index in [1.165, 1.54) is 5.69 Å². The molecule has 2 nitrogen and oxygen atoms in total. The lowest BCUT2D eigenvalue weighted by Gasteiger charge is -1.79. The Labute approximate surface area is 62.7 Å². The summed E-state index contributed by atoms with van der Waals surface area (Å²) in [5, 5.41) is 0. The SMILES string of the molecule is CC.Cc1nc(C)c(C)[nH]1. The smallest absolute Gasteiger partial charge is 0.103 e. The lowest BCUT2D eigenvalue weighted by molar-refractivity contribution is 1.12. The van der Waals surface area contributed by atoms with Crippen molar-refractivity contribution < 1.29 is 0 Å². The minimum absolute atomic E-state index is 1.00. The molecule has 1 N–H and O–H groups in total. The van der Waals surface area contributed by atoms with Crippen LogP contribution in [0.2, 0.25) is 0 Å². The lowest BCUT2D eigenvalue weighted by atomic mass is 10.4. The van der Waals surface area contributed by atoms with E-state index in [9.17, 15) is 0 Å². The summed E-state index contributed by atoms with van der Waals surface area (Å²) in [5.74, 6) is 1.00. The second-order valence-corrected chi connectivity index (χ2v) is 2.03. The van der Waals surface area contributed by atoms with Gasteiger partial charge in [0.05, 0.1) is 5.69 Å². The van der Waals surface area contributed by atoms with Crippen molar-refractivity contribution in [2.24, 2.45) is 0 Å². The van der Waals surface area contributed by atoms with E-state index < -0.39 is 0 Å². The molecular weight excluding hydrogens is 124 g/mol. The number of nitrogens with zero attached hydrogens (tertiary/aromatic N) is 1. The molecule has 0 saturated carbocycles. The third kappa shape index (κ3) is 2.21. The Morgan fingerprint density at radius 1 is 1.10 bits per heavy atom. The van der Waals surface area contributed by atoms with Gasteiger partial charge in [-0.3, -0.25) is 0 Å². The van der Waals surface area contributed by atoms with E-state index in [1.807, 2.05) is 34.6 Å². The largest absolute Gasteiger partial charge is 0.346 e. The van der Waals surface area contributed by atoms with E-state index in [1.54, 1.807) is 0 Å². The van der Waals surface area contributed by atoms with Gasteiger partial charge in [0.25, 0.3) is 0 Å². The van der Waals surface area contributed by atoms with Crippen LogP contribution in [0.15, 0.2) is 0 Å². The fourth-order valence-electron chi connectivity index (χ4n) is 0.725. The average molecular weight is 140 g/mol. The summed E-state index contributed by atoms with van der Waals surface area (Å²) in [6.45, 7) is 9.98. The van der Waals surface area contributed by atoms with Crippen molar-refractivity contribution in [2.75, 3.05) is 0 Å². The van der Waals surface area contributed by atoms with Gasteiger partial charge in [-0.1, -0.05) is 13.8 Å². The van der Waals surface area contributed by atoms with Gasteiger partial charge in [-0.2, -0.15) is 0 Å². The van der Waals surface area contributed by atoms with Crippen molar-refractivity contribution in [3.8, 4) is 0 Å². The maximum Gasteiger partial charge on any atom is 0.103 e. The highest BCUT2D eigenvalue weighted by Crippen LogP contribution is 1.99. The van der Waals surface area contributed by atoms with Gasteiger partial charge in [0.2, 0.25) is 0 Å². The highest BCUT2D eigenvalue weighted by molar-refractivity contribution is 5.09. The first kappa shape index (κ1) is 9.21. The van der Waals surface area contributed by atoms with E-state index in [4.69, 9.17) is 0 Å². The molecule has 1 aromatic heterocycles. The van der Waals surface area contributed by atoms with Crippen LogP contribution >= 0.6 is 0 Å². The summed E-state index contributed by atoms with van der Waals surface area (Å²) < 4.78 is 0. The number of aromatic amines is 1. The molecule has 0 radical (unpaired) electrons. The molecule has 1 rings (SSSR count). The minimum atomic E-state index is 1.00. The monoisotopic (exact) mass is 140 g/mol. The van der Waals surface area contributed by atoms with Crippen molar-refractivity contribution in [3.05, 3.63) is 17.2 Å². The molecule has 1 aromatic rings. The Kier molecular flexibility index (Phi) is 3.77. The zero-order valence-corrected chi connectivity index (χ0v) is 7.45. The van der Waals surface area contributed by atoms with Crippen molar-refractivity contribution >= 4 is 0 Å². The van der Waals surface area contributed by atoms with Crippen LogP contribution in [-0.2, 0) is 0 Å². The first-order valence-electron chi connectivity index (χ1n) is 3.70. The molecular formula is C8H16N2.